The van der Waals surface area contributed by atoms with Gasteiger partial charge in [0, 0.05) is 24.2 Å². The van der Waals surface area contributed by atoms with Crippen LogP contribution in [-0.4, -0.2) is 41.9 Å². The van der Waals surface area contributed by atoms with E-state index in [4.69, 9.17) is 0 Å². The quantitative estimate of drug-likeness (QED) is 0.651. The van der Waals surface area contributed by atoms with Crippen molar-refractivity contribution in [1.82, 2.24) is 4.31 Å². The smallest absolute Gasteiger partial charge is 0.273 e. The van der Waals surface area contributed by atoms with Gasteiger partial charge in [0.2, 0.25) is 10.0 Å². The van der Waals surface area contributed by atoms with Crippen molar-refractivity contribution in [3.8, 4) is 0 Å². The third-order valence-corrected chi connectivity index (χ3v) is 5.54. The van der Waals surface area contributed by atoms with Gasteiger partial charge in [0.25, 0.3) is 5.69 Å². The molecule has 1 aromatic rings. The molecule has 0 radical (unpaired) electrons. The van der Waals surface area contributed by atoms with Crippen LogP contribution in [0, 0.1) is 10.1 Å². The normalized spacial score (nSPS) is 20.3. The van der Waals surface area contributed by atoms with Gasteiger partial charge in [0.15, 0.2) is 0 Å². The highest BCUT2D eigenvalue weighted by molar-refractivity contribution is 7.88. The maximum absolute atomic E-state index is 12.5. The summed E-state index contributed by atoms with van der Waals surface area (Å²) in [5, 5.41) is 20.3. The summed E-state index contributed by atoms with van der Waals surface area (Å²) in [6.07, 6.45) is 2.24. The first-order valence-electron chi connectivity index (χ1n) is 6.78. The first-order valence-corrected chi connectivity index (χ1v) is 8.39. The molecule has 1 aliphatic heterocycles. The van der Waals surface area contributed by atoms with Crippen LogP contribution >= 0.6 is 0 Å². The number of benzene rings is 1. The number of nitro benzene ring substituents is 1. The summed E-state index contributed by atoms with van der Waals surface area (Å²) in [5.41, 5.74) is -0.0246. The van der Waals surface area contributed by atoms with Crippen LogP contribution < -0.4 is 0 Å². The van der Waals surface area contributed by atoms with Gasteiger partial charge in [0.05, 0.1) is 17.3 Å². The molecule has 21 heavy (non-hydrogen) atoms. The zero-order chi connectivity index (χ0) is 15.5. The Morgan fingerprint density at radius 3 is 2.71 bits per heavy atom. The summed E-state index contributed by atoms with van der Waals surface area (Å²) in [5.74, 6) is -0.416. The first-order chi connectivity index (χ1) is 9.95. The lowest BCUT2D eigenvalue weighted by Crippen LogP contribution is -2.46. The van der Waals surface area contributed by atoms with Crippen molar-refractivity contribution in [2.75, 3.05) is 13.2 Å². The van der Waals surface area contributed by atoms with Crippen molar-refractivity contribution in [1.29, 1.82) is 0 Å². The Morgan fingerprint density at radius 1 is 1.33 bits per heavy atom. The van der Waals surface area contributed by atoms with Crippen molar-refractivity contribution < 1.29 is 18.4 Å². The third-order valence-electron chi connectivity index (χ3n) is 3.67. The molecule has 0 aliphatic carbocycles. The van der Waals surface area contributed by atoms with Crippen LogP contribution in [-0.2, 0) is 15.8 Å². The number of sulfonamides is 1. The Balaban J connectivity index is 2.27. The zero-order valence-electron chi connectivity index (χ0n) is 11.5. The summed E-state index contributed by atoms with van der Waals surface area (Å²) in [7, 11) is -3.68. The van der Waals surface area contributed by atoms with E-state index >= 15 is 0 Å². The summed E-state index contributed by atoms with van der Waals surface area (Å²) in [4.78, 5) is 10.4. The predicted molar refractivity (Wildman–Crippen MR) is 77.2 cm³/mol. The molecule has 1 aliphatic rings. The second kappa shape index (κ2) is 6.50. The van der Waals surface area contributed by atoms with E-state index in [9.17, 15) is 23.6 Å². The number of hydrogen-bond acceptors (Lipinski definition) is 5. The molecule has 116 valence electrons. The molecule has 0 saturated carbocycles. The van der Waals surface area contributed by atoms with Crippen LogP contribution in [0.2, 0.25) is 0 Å². The van der Waals surface area contributed by atoms with E-state index in [1.165, 1.54) is 22.5 Å². The van der Waals surface area contributed by atoms with Crippen LogP contribution in [0.25, 0.3) is 0 Å². The SMILES string of the molecule is O=[N+]([O-])c1ccccc1CS(=O)(=O)N1CCCCC1CO. The minimum atomic E-state index is -3.68. The van der Waals surface area contributed by atoms with E-state index in [1.807, 2.05) is 0 Å². The van der Waals surface area contributed by atoms with E-state index in [0.717, 1.165) is 12.8 Å². The molecule has 1 atom stereocenters. The fourth-order valence-corrected chi connectivity index (χ4v) is 4.45. The van der Waals surface area contributed by atoms with Crippen LogP contribution in [0.3, 0.4) is 0 Å². The van der Waals surface area contributed by atoms with Gasteiger partial charge in [-0.05, 0) is 12.8 Å². The van der Waals surface area contributed by atoms with Gasteiger partial charge < -0.3 is 5.11 Å². The number of nitrogens with zero attached hydrogens (tertiary/aromatic N) is 2. The topological polar surface area (TPSA) is 101 Å². The van der Waals surface area contributed by atoms with E-state index in [0.29, 0.717) is 13.0 Å². The number of para-hydroxylation sites is 1. The second-order valence-electron chi connectivity index (χ2n) is 5.08. The molecular formula is C13H18N2O5S. The van der Waals surface area contributed by atoms with Gasteiger partial charge in [-0.2, -0.15) is 4.31 Å². The van der Waals surface area contributed by atoms with Gasteiger partial charge in [-0.25, -0.2) is 8.42 Å². The highest BCUT2D eigenvalue weighted by atomic mass is 32.2. The average Bonchev–Trinajstić information content (AvgIpc) is 2.47. The number of piperidine rings is 1. The lowest BCUT2D eigenvalue weighted by molar-refractivity contribution is -0.385. The molecule has 0 aromatic heterocycles. The number of aliphatic hydroxyl groups is 1. The molecule has 8 heteroatoms. The van der Waals surface area contributed by atoms with E-state index < -0.39 is 26.7 Å². The minimum Gasteiger partial charge on any atom is -0.395 e. The van der Waals surface area contributed by atoms with E-state index in [-0.39, 0.29) is 17.9 Å². The maximum Gasteiger partial charge on any atom is 0.273 e. The van der Waals surface area contributed by atoms with Gasteiger partial charge in [-0.1, -0.05) is 24.6 Å². The molecule has 1 N–H and O–H groups in total. The number of rotatable bonds is 5. The number of hydrogen-bond donors (Lipinski definition) is 1. The van der Waals surface area contributed by atoms with Crippen molar-refractivity contribution in [2.24, 2.45) is 0 Å². The second-order valence-corrected chi connectivity index (χ2v) is 7.01. The van der Waals surface area contributed by atoms with Crippen molar-refractivity contribution >= 4 is 15.7 Å². The maximum atomic E-state index is 12.5. The molecule has 0 bridgehead atoms. The number of aliphatic hydroxyl groups excluding tert-OH is 1. The number of nitro groups is 1. The van der Waals surface area contributed by atoms with Crippen LogP contribution in [0.5, 0.6) is 0 Å². The fraction of sp³-hybridized carbons (Fsp3) is 0.538. The lowest BCUT2D eigenvalue weighted by atomic mass is 10.1. The van der Waals surface area contributed by atoms with E-state index in [2.05, 4.69) is 0 Å². The highest BCUT2D eigenvalue weighted by Crippen LogP contribution is 2.26. The molecule has 1 aromatic carbocycles. The Labute approximate surface area is 123 Å². The van der Waals surface area contributed by atoms with Crippen LogP contribution in [0.1, 0.15) is 24.8 Å². The third kappa shape index (κ3) is 3.58. The predicted octanol–water partition coefficient (Wildman–Crippen LogP) is 1.27. The summed E-state index contributed by atoms with van der Waals surface area (Å²) in [6, 6.07) is 5.41. The van der Waals surface area contributed by atoms with Crippen LogP contribution in [0.4, 0.5) is 5.69 Å². The molecule has 0 spiro atoms. The van der Waals surface area contributed by atoms with Crippen molar-refractivity contribution in [2.45, 2.75) is 31.1 Å². The van der Waals surface area contributed by atoms with Crippen LogP contribution in [0.15, 0.2) is 24.3 Å². The molecule has 1 unspecified atom stereocenters. The Bertz CT molecular complexity index is 617. The van der Waals surface area contributed by atoms with Gasteiger partial charge >= 0.3 is 0 Å². The molecule has 1 heterocycles. The average molecular weight is 314 g/mol. The highest BCUT2D eigenvalue weighted by Gasteiger charge is 2.33. The summed E-state index contributed by atoms with van der Waals surface area (Å²) < 4.78 is 26.3. The molecule has 1 fully saturated rings. The van der Waals surface area contributed by atoms with Crippen molar-refractivity contribution in [3.63, 3.8) is 0 Å². The molecule has 1 saturated heterocycles. The zero-order valence-corrected chi connectivity index (χ0v) is 12.3. The van der Waals surface area contributed by atoms with Gasteiger partial charge in [-0.15, -0.1) is 0 Å². The monoisotopic (exact) mass is 314 g/mol. The lowest BCUT2D eigenvalue weighted by Gasteiger charge is -2.33. The summed E-state index contributed by atoms with van der Waals surface area (Å²) >= 11 is 0. The first kappa shape index (κ1) is 15.9. The Morgan fingerprint density at radius 2 is 2.05 bits per heavy atom. The van der Waals surface area contributed by atoms with E-state index in [1.54, 1.807) is 6.07 Å². The summed E-state index contributed by atoms with van der Waals surface area (Å²) in [6.45, 7) is 0.129. The van der Waals surface area contributed by atoms with Gasteiger partial charge in [0.1, 0.15) is 0 Å². The Hall–Kier alpha value is -1.51. The largest absolute Gasteiger partial charge is 0.395 e. The Kier molecular flexibility index (Phi) is 4.92. The molecular weight excluding hydrogens is 296 g/mol. The molecule has 0 amide bonds. The molecule has 7 nitrogen and oxygen atoms in total. The van der Waals surface area contributed by atoms with Crippen molar-refractivity contribution in [3.05, 3.63) is 39.9 Å². The fourth-order valence-electron chi connectivity index (χ4n) is 2.61. The standard InChI is InChI=1S/C13H18N2O5S/c16-9-12-6-3-4-8-14(12)21(19,20)10-11-5-1-2-7-13(11)15(17)18/h1-2,5,7,12,16H,3-4,6,8-10H2. The molecule has 2 rings (SSSR count). The minimum absolute atomic E-state index is 0.171. The van der Waals surface area contributed by atoms with Gasteiger partial charge in [-0.3, -0.25) is 10.1 Å².